The van der Waals surface area contributed by atoms with E-state index in [9.17, 15) is 4.79 Å². The van der Waals surface area contributed by atoms with Gasteiger partial charge in [-0.05, 0) is 48.5 Å². The zero-order valence-corrected chi connectivity index (χ0v) is 19.4. The van der Waals surface area contributed by atoms with Crippen LogP contribution in [0.3, 0.4) is 0 Å². The Labute approximate surface area is 200 Å². The molecule has 0 radical (unpaired) electrons. The lowest BCUT2D eigenvalue weighted by molar-refractivity contribution is 0.103. The number of methoxy groups -OCH3 is 2. The molecule has 0 aliphatic rings. The van der Waals surface area contributed by atoms with Crippen LogP contribution >= 0.6 is 35.6 Å². The maximum absolute atomic E-state index is 12.8. The van der Waals surface area contributed by atoms with Crippen molar-refractivity contribution in [1.82, 2.24) is 9.97 Å². The maximum atomic E-state index is 12.8. The van der Waals surface area contributed by atoms with Crippen molar-refractivity contribution in [3.8, 4) is 11.5 Å². The average Bonchev–Trinajstić information content (AvgIpc) is 2.78. The Morgan fingerprint density at radius 3 is 2.25 bits per heavy atom. The summed E-state index contributed by atoms with van der Waals surface area (Å²) in [6.45, 7) is 0. The summed E-state index contributed by atoms with van der Waals surface area (Å²) >= 11 is 12.3. The smallest absolute Gasteiger partial charge is 0.194 e. The number of aromatic nitrogens is 2. The maximum Gasteiger partial charge on any atom is 0.194 e. The van der Waals surface area contributed by atoms with E-state index in [1.807, 2.05) is 0 Å². The van der Waals surface area contributed by atoms with E-state index in [0.717, 1.165) is 5.39 Å². The molecule has 0 aliphatic carbocycles. The number of nitrogens with zero attached hydrogens (tertiary/aromatic N) is 2. The first kappa shape index (κ1) is 23.6. The standard InChI is InChI=1S/C23H17Cl2N3O3.ClH/c1-30-20-10-17-19(11-21(20)31-2)26-12-27-23(17)28-15-7-8-16(18(25)9-15)22(29)13-3-5-14(24)6-4-13;/h3-12H,1-2H3,(H,26,27,28);1H. The van der Waals surface area contributed by atoms with Gasteiger partial charge in [-0.3, -0.25) is 4.79 Å². The summed E-state index contributed by atoms with van der Waals surface area (Å²) in [5, 5.41) is 4.86. The molecule has 0 fully saturated rings. The molecule has 1 aromatic heterocycles. The Morgan fingerprint density at radius 1 is 0.906 bits per heavy atom. The second-order valence-electron chi connectivity index (χ2n) is 6.60. The Kier molecular flexibility index (Phi) is 7.40. The molecule has 0 bridgehead atoms. The van der Waals surface area contributed by atoms with Crippen molar-refractivity contribution in [3.05, 3.63) is 82.1 Å². The minimum atomic E-state index is -0.183. The molecule has 4 aromatic rings. The normalized spacial score (nSPS) is 10.4. The molecule has 0 atom stereocenters. The number of anilines is 2. The molecular weight excluding hydrogens is 473 g/mol. The first-order valence-corrected chi connectivity index (χ1v) is 9.99. The molecule has 0 saturated heterocycles. The Hall–Kier alpha value is -3.06. The van der Waals surface area contributed by atoms with E-state index >= 15 is 0 Å². The monoisotopic (exact) mass is 489 g/mol. The molecule has 6 nitrogen and oxygen atoms in total. The van der Waals surface area contributed by atoms with E-state index < -0.39 is 0 Å². The summed E-state index contributed by atoms with van der Waals surface area (Å²) in [5.41, 5.74) is 2.27. The SMILES string of the molecule is COc1cc2ncnc(Nc3ccc(C(=O)c4ccc(Cl)cc4)c(Cl)c3)c2cc1OC.Cl. The van der Waals surface area contributed by atoms with Crippen LogP contribution in [0.25, 0.3) is 10.9 Å². The van der Waals surface area contributed by atoms with Gasteiger partial charge in [0, 0.05) is 33.3 Å². The molecule has 0 aliphatic heterocycles. The summed E-state index contributed by atoms with van der Waals surface area (Å²) in [5.74, 6) is 1.53. The number of rotatable bonds is 6. The summed E-state index contributed by atoms with van der Waals surface area (Å²) in [4.78, 5) is 21.4. The molecule has 1 heterocycles. The number of halogens is 3. The third kappa shape index (κ3) is 4.72. The summed E-state index contributed by atoms with van der Waals surface area (Å²) < 4.78 is 10.7. The van der Waals surface area contributed by atoms with Gasteiger partial charge in [0.2, 0.25) is 0 Å². The molecule has 3 aromatic carbocycles. The van der Waals surface area contributed by atoms with Gasteiger partial charge in [-0.15, -0.1) is 12.4 Å². The fraction of sp³-hybridized carbons (Fsp3) is 0.0870. The lowest BCUT2D eigenvalue weighted by Gasteiger charge is -2.13. The number of carbonyl (C=O) groups excluding carboxylic acids is 1. The van der Waals surface area contributed by atoms with Gasteiger partial charge in [0.25, 0.3) is 0 Å². The summed E-state index contributed by atoms with van der Waals surface area (Å²) in [7, 11) is 3.13. The van der Waals surface area contributed by atoms with Crippen LogP contribution in [-0.4, -0.2) is 30.0 Å². The van der Waals surface area contributed by atoms with Crippen LogP contribution in [0.1, 0.15) is 15.9 Å². The Balaban J connectivity index is 0.00000289. The van der Waals surface area contributed by atoms with Crippen molar-refractivity contribution in [2.45, 2.75) is 0 Å². The van der Waals surface area contributed by atoms with Crippen molar-refractivity contribution in [2.24, 2.45) is 0 Å². The first-order valence-electron chi connectivity index (χ1n) is 9.23. The number of hydrogen-bond donors (Lipinski definition) is 1. The minimum Gasteiger partial charge on any atom is -0.493 e. The van der Waals surface area contributed by atoms with E-state index in [0.29, 0.717) is 49.7 Å². The van der Waals surface area contributed by atoms with Crippen LogP contribution in [0.15, 0.2) is 60.9 Å². The third-order valence-corrected chi connectivity index (χ3v) is 5.29. The molecule has 0 spiro atoms. The largest absolute Gasteiger partial charge is 0.493 e. The lowest BCUT2D eigenvalue weighted by Crippen LogP contribution is -2.03. The molecule has 0 amide bonds. The molecular formula is C23H18Cl3N3O3. The highest BCUT2D eigenvalue weighted by atomic mass is 35.5. The van der Waals surface area contributed by atoms with Gasteiger partial charge in [0.15, 0.2) is 17.3 Å². The van der Waals surface area contributed by atoms with E-state index in [4.69, 9.17) is 32.7 Å². The molecule has 32 heavy (non-hydrogen) atoms. The predicted molar refractivity (Wildman–Crippen MR) is 130 cm³/mol. The van der Waals surface area contributed by atoms with Gasteiger partial charge >= 0.3 is 0 Å². The van der Waals surface area contributed by atoms with Crippen LogP contribution in [0.2, 0.25) is 10.0 Å². The predicted octanol–water partition coefficient (Wildman–Crippen LogP) is 6.35. The molecule has 9 heteroatoms. The number of fused-ring (bicyclic) bond motifs is 1. The second-order valence-corrected chi connectivity index (χ2v) is 7.45. The Bertz CT molecular complexity index is 1280. The number of carbonyl (C=O) groups is 1. The van der Waals surface area contributed by atoms with Crippen molar-refractivity contribution in [3.63, 3.8) is 0 Å². The number of nitrogens with one attached hydrogen (secondary N) is 1. The van der Waals surface area contributed by atoms with Crippen LogP contribution in [0.5, 0.6) is 11.5 Å². The fourth-order valence-electron chi connectivity index (χ4n) is 3.15. The van der Waals surface area contributed by atoms with Gasteiger partial charge in [0.1, 0.15) is 12.1 Å². The van der Waals surface area contributed by atoms with Gasteiger partial charge in [-0.25, -0.2) is 9.97 Å². The number of ketones is 1. The van der Waals surface area contributed by atoms with E-state index in [1.54, 1.807) is 68.8 Å². The van der Waals surface area contributed by atoms with E-state index in [-0.39, 0.29) is 18.2 Å². The molecule has 0 unspecified atom stereocenters. The molecule has 1 N–H and O–H groups in total. The van der Waals surface area contributed by atoms with Crippen molar-refractivity contribution in [2.75, 3.05) is 19.5 Å². The van der Waals surface area contributed by atoms with Crippen molar-refractivity contribution < 1.29 is 14.3 Å². The zero-order valence-electron chi connectivity index (χ0n) is 17.1. The number of benzene rings is 3. The number of hydrogen-bond acceptors (Lipinski definition) is 6. The highest BCUT2D eigenvalue weighted by Crippen LogP contribution is 2.35. The Morgan fingerprint density at radius 2 is 1.59 bits per heavy atom. The van der Waals surface area contributed by atoms with Crippen molar-refractivity contribution >= 4 is 63.8 Å². The fourth-order valence-corrected chi connectivity index (χ4v) is 3.55. The van der Waals surface area contributed by atoms with Gasteiger partial charge < -0.3 is 14.8 Å². The summed E-state index contributed by atoms with van der Waals surface area (Å²) in [6, 6.07) is 15.4. The zero-order chi connectivity index (χ0) is 22.0. The van der Waals surface area contributed by atoms with Gasteiger partial charge in [-0.2, -0.15) is 0 Å². The lowest BCUT2D eigenvalue weighted by atomic mass is 10.0. The van der Waals surface area contributed by atoms with Crippen LogP contribution in [-0.2, 0) is 0 Å². The van der Waals surface area contributed by atoms with Crippen LogP contribution < -0.4 is 14.8 Å². The van der Waals surface area contributed by atoms with Crippen LogP contribution in [0.4, 0.5) is 11.5 Å². The molecule has 0 saturated carbocycles. The highest BCUT2D eigenvalue weighted by Gasteiger charge is 2.15. The minimum absolute atomic E-state index is 0. The van der Waals surface area contributed by atoms with Gasteiger partial charge in [0.05, 0.1) is 24.8 Å². The average molecular weight is 491 g/mol. The topological polar surface area (TPSA) is 73.3 Å². The van der Waals surface area contributed by atoms with Gasteiger partial charge in [-0.1, -0.05) is 23.2 Å². The second kappa shape index (κ2) is 10.0. The summed E-state index contributed by atoms with van der Waals surface area (Å²) in [6.07, 6.45) is 1.45. The van der Waals surface area contributed by atoms with Crippen molar-refractivity contribution in [1.29, 1.82) is 0 Å². The third-order valence-electron chi connectivity index (χ3n) is 4.72. The highest BCUT2D eigenvalue weighted by molar-refractivity contribution is 6.35. The van der Waals surface area contributed by atoms with Crippen LogP contribution in [0, 0.1) is 0 Å². The van der Waals surface area contributed by atoms with E-state index in [2.05, 4.69) is 15.3 Å². The molecule has 164 valence electrons. The van der Waals surface area contributed by atoms with E-state index in [1.165, 1.54) is 6.33 Å². The quantitative estimate of drug-likeness (QED) is 0.317. The number of ether oxygens (including phenoxy) is 2. The first-order chi connectivity index (χ1) is 15.0. The molecule has 4 rings (SSSR count).